The number of hydrogen-bond acceptors (Lipinski definition) is 2. The topological polar surface area (TPSA) is 32.3 Å². The Bertz CT molecular complexity index is 388. The molecule has 1 aromatic rings. The molecule has 0 aromatic heterocycles. The summed E-state index contributed by atoms with van der Waals surface area (Å²) in [4.78, 5) is 0. The van der Waals surface area contributed by atoms with Crippen LogP contribution in [0.25, 0.3) is 0 Å². The smallest absolute Gasteiger partial charge is 0.123 e. The largest absolute Gasteiger partial charge is 0.389 e. The summed E-state index contributed by atoms with van der Waals surface area (Å²) in [6.45, 7) is 2.59. The molecular weight excluding hydrogens is 229 g/mol. The highest BCUT2D eigenvalue weighted by Gasteiger charge is 2.29. The van der Waals surface area contributed by atoms with E-state index in [0.717, 1.165) is 31.2 Å². The molecule has 0 saturated heterocycles. The van der Waals surface area contributed by atoms with Gasteiger partial charge in [-0.1, -0.05) is 31.4 Å². The van der Waals surface area contributed by atoms with Crippen LogP contribution in [0.15, 0.2) is 24.3 Å². The first-order valence-corrected chi connectivity index (χ1v) is 6.80. The predicted molar refractivity (Wildman–Crippen MR) is 70.9 cm³/mol. The van der Waals surface area contributed by atoms with E-state index in [1.165, 1.54) is 12.5 Å². The predicted octanol–water partition coefficient (Wildman–Crippen LogP) is 3.17. The summed E-state index contributed by atoms with van der Waals surface area (Å²) in [6, 6.07) is 6.68. The number of hydrogen-bond donors (Lipinski definition) is 2. The lowest BCUT2D eigenvalue weighted by Crippen LogP contribution is -2.42. The Morgan fingerprint density at radius 1 is 1.33 bits per heavy atom. The maximum absolute atomic E-state index is 13.1. The number of rotatable bonds is 4. The third kappa shape index (κ3) is 3.53. The summed E-state index contributed by atoms with van der Waals surface area (Å²) in [5, 5.41) is 13.7. The number of nitrogens with one attached hydrogen (secondary N) is 1. The van der Waals surface area contributed by atoms with Crippen molar-refractivity contribution >= 4 is 0 Å². The van der Waals surface area contributed by atoms with Crippen molar-refractivity contribution in [3.05, 3.63) is 35.6 Å². The lowest BCUT2D eigenvalue weighted by molar-refractivity contribution is 0.00300. The maximum atomic E-state index is 13.1. The zero-order valence-corrected chi connectivity index (χ0v) is 11.0. The van der Waals surface area contributed by atoms with Gasteiger partial charge in [-0.2, -0.15) is 0 Å². The van der Waals surface area contributed by atoms with Crippen LogP contribution < -0.4 is 5.32 Å². The van der Waals surface area contributed by atoms with Crippen LogP contribution in [0.3, 0.4) is 0 Å². The molecule has 1 fully saturated rings. The molecule has 0 bridgehead atoms. The molecule has 2 rings (SSSR count). The monoisotopic (exact) mass is 251 g/mol. The van der Waals surface area contributed by atoms with Crippen LogP contribution >= 0.6 is 0 Å². The highest BCUT2D eigenvalue weighted by atomic mass is 19.1. The summed E-state index contributed by atoms with van der Waals surface area (Å²) >= 11 is 0. The van der Waals surface area contributed by atoms with Crippen molar-refractivity contribution in [1.82, 2.24) is 5.32 Å². The van der Waals surface area contributed by atoms with Crippen molar-refractivity contribution in [2.24, 2.45) is 0 Å². The Kier molecular flexibility index (Phi) is 4.36. The zero-order chi connectivity index (χ0) is 13.0. The number of aliphatic hydroxyl groups is 1. The molecule has 0 spiro atoms. The zero-order valence-electron chi connectivity index (χ0n) is 11.0. The molecule has 3 heteroatoms. The molecule has 1 atom stereocenters. The van der Waals surface area contributed by atoms with Crippen LogP contribution in [0.1, 0.15) is 50.6 Å². The minimum atomic E-state index is -0.570. The SMILES string of the molecule is CC(NCC1(O)CCCCC1)c1cccc(F)c1. The van der Waals surface area contributed by atoms with Crippen molar-refractivity contribution in [2.45, 2.75) is 50.7 Å². The van der Waals surface area contributed by atoms with Gasteiger partial charge >= 0.3 is 0 Å². The van der Waals surface area contributed by atoms with Crippen molar-refractivity contribution < 1.29 is 9.50 Å². The van der Waals surface area contributed by atoms with Crippen molar-refractivity contribution in [3.8, 4) is 0 Å². The first-order valence-electron chi connectivity index (χ1n) is 6.80. The third-order valence-electron chi connectivity index (χ3n) is 3.87. The molecule has 1 aliphatic carbocycles. The fourth-order valence-corrected chi connectivity index (χ4v) is 2.62. The van der Waals surface area contributed by atoms with Gasteiger partial charge in [0.1, 0.15) is 5.82 Å². The van der Waals surface area contributed by atoms with E-state index in [4.69, 9.17) is 0 Å². The van der Waals surface area contributed by atoms with Crippen molar-refractivity contribution in [2.75, 3.05) is 6.54 Å². The Morgan fingerprint density at radius 2 is 2.06 bits per heavy atom. The Morgan fingerprint density at radius 3 is 2.72 bits per heavy atom. The number of halogens is 1. The summed E-state index contributed by atoms with van der Waals surface area (Å²) in [5.41, 5.74) is 0.356. The highest BCUT2D eigenvalue weighted by Crippen LogP contribution is 2.28. The highest BCUT2D eigenvalue weighted by molar-refractivity contribution is 5.19. The lowest BCUT2D eigenvalue weighted by Gasteiger charge is -2.33. The van der Waals surface area contributed by atoms with Gasteiger partial charge in [-0.15, -0.1) is 0 Å². The standard InChI is InChI=1S/C15H22FNO/c1-12(13-6-5-7-14(16)10-13)17-11-15(18)8-3-2-4-9-15/h5-7,10,12,17-18H,2-4,8-9,11H2,1H3. The van der Waals surface area contributed by atoms with Gasteiger partial charge in [0.05, 0.1) is 5.60 Å². The van der Waals surface area contributed by atoms with Gasteiger partial charge in [0.15, 0.2) is 0 Å². The van der Waals surface area contributed by atoms with Gasteiger partial charge in [0.2, 0.25) is 0 Å². The molecule has 0 heterocycles. The molecule has 0 aliphatic heterocycles. The second-order valence-electron chi connectivity index (χ2n) is 5.44. The van der Waals surface area contributed by atoms with E-state index in [2.05, 4.69) is 5.32 Å². The fraction of sp³-hybridized carbons (Fsp3) is 0.600. The maximum Gasteiger partial charge on any atom is 0.123 e. The minimum Gasteiger partial charge on any atom is -0.389 e. The first-order chi connectivity index (χ1) is 8.59. The summed E-state index contributed by atoms with van der Waals surface area (Å²) in [5.74, 6) is -0.211. The average molecular weight is 251 g/mol. The van der Waals surface area contributed by atoms with Crippen LogP contribution in [0, 0.1) is 5.82 Å². The Hall–Kier alpha value is -0.930. The van der Waals surface area contributed by atoms with E-state index < -0.39 is 5.60 Å². The number of benzene rings is 1. The van der Waals surface area contributed by atoms with Crippen molar-refractivity contribution in [3.63, 3.8) is 0 Å². The van der Waals surface area contributed by atoms with Crippen LogP contribution in [-0.4, -0.2) is 17.3 Å². The second kappa shape index (κ2) is 5.81. The quantitative estimate of drug-likeness (QED) is 0.861. The Labute approximate surface area is 108 Å². The second-order valence-corrected chi connectivity index (χ2v) is 5.44. The average Bonchev–Trinajstić information content (AvgIpc) is 2.37. The van der Waals surface area contributed by atoms with E-state index in [0.29, 0.717) is 6.54 Å². The van der Waals surface area contributed by atoms with E-state index in [-0.39, 0.29) is 11.9 Å². The van der Waals surface area contributed by atoms with Crippen LogP contribution in [0.2, 0.25) is 0 Å². The fourth-order valence-electron chi connectivity index (χ4n) is 2.62. The van der Waals surface area contributed by atoms with E-state index in [1.54, 1.807) is 12.1 Å². The summed E-state index contributed by atoms with van der Waals surface area (Å²) < 4.78 is 13.1. The van der Waals surface area contributed by atoms with E-state index in [1.807, 2.05) is 13.0 Å². The minimum absolute atomic E-state index is 0.0617. The molecule has 0 radical (unpaired) electrons. The van der Waals surface area contributed by atoms with Gasteiger partial charge in [-0.05, 0) is 37.5 Å². The van der Waals surface area contributed by atoms with Gasteiger partial charge in [-0.25, -0.2) is 4.39 Å². The summed E-state index contributed by atoms with van der Waals surface area (Å²) in [7, 11) is 0. The molecule has 1 unspecified atom stereocenters. The lowest BCUT2D eigenvalue weighted by atomic mass is 9.84. The van der Waals surface area contributed by atoms with Crippen LogP contribution in [-0.2, 0) is 0 Å². The molecule has 1 aliphatic rings. The first kappa shape index (κ1) is 13.5. The van der Waals surface area contributed by atoms with Gasteiger partial charge < -0.3 is 10.4 Å². The third-order valence-corrected chi connectivity index (χ3v) is 3.87. The van der Waals surface area contributed by atoms with Gasteiger partial charge in [-0.3, -0.25) is 0 Å². The summed E-state index contributed by atoms with van der Waals surface area (Å²) in [6.07, 6.45) is 5.17. The molecule has 2 nitrogen and oxygen atoms in total. The molecule has 100 valence electrons. The van der Waals surface area contributed by atoms with Crippen LogP contribution in [0.4, 0.5) is 4.39 Å². The normalized spacial score (nSPS) is 20.6. The Balaban J connectivity index is 1.89. The van der Waals surface area contributed by atoms with Crippen LogP contribution in [0.5, 0.6) is 0 Å². The molecule has 0 amide bonds. The van der Waals surface area contributed by atoms with E-state index in [9.17, 15) is 9.50 Å². The van der Waals surface area contributed by atoms with E-state index >= 15 is 0 Å². The molecule has 2 N–H and O–H groups in total. The van der Waals surface area contributed by atoms with Gasteiger partial charge in [0, 0.05) is 12.6 Å². The molecular formula is C15H22FNO. The molecule has 1 aromatic carbocycles. The molecule has 1 saturated carbocycles. The van der Waals surface area contributed by atoms with Gasteiger partial charge in [0.25, 0.3) is 0 Å². The molecule has 18 heavy (non-hydrogen) atoms. The van der Waals surface area contributed by atoms with Crippen molar-refractivity contribution in [1.29, 1.82) is 0 Å².